The summed E-state index contributed by atoms with van der Waals surface area (Å²) in [7, 11) is 1.99. The Morgan fingerprint density at radius 1 is 1.28 bits per heavy atom. The quantitative estimate of drug-likeness (QED) is 0.856. The predicted molar refractivity (Wildman–Crippen MR) is 101 cm³/mol. The van der Waals surface area contributed by atoms with Gasteiger partial charge in [-0.2, -0.15) is 0 Å². The average molecular weight is 364 g/mol. The fraction of sp³-hybridized carbons (Fsp3) is 0.474. The van der Waals surface area contributed by atoms with E-state index in [1.54, 1.807) is 6.26 Å². The molecule has 0 spiro atoms. The van der Waals surface area contributed by atoms with E-state index in [-0.39, 0.29) is 18.3 Å². The Morgan fingerprint density at radius 2 is 2.00 bits per heavy atom. The van der Waals surface area contributed by atoms with Crippen LogP contribution in [0.25, 0.3) is 11.5 Å². The minimum absolute atomic E-state index is 0. The van der Waals surface area contributed by atoms with Crippen molar-refractivity contribution in [1.29, 1.82) is 0 Å². The van der Waals surface area contributed by atoms with Gasteiger partial charge in [-0.1, -0.05) is 18.2 Å². The molecule has 136 valence electrons. The van der Waals surface area contributed by atoms with Crippen molar-refractivity contribution < 1.29 is 9.21 Å². The maximum atomic E-state index is 12.5. The third-order valence-electron chi connectivity index (χ3n) is 4.67. The third-order valence-corrected chi connectivity index (χ3v) is 4.67. The second-order valence-electron chi connectivity index (χ2n) is 6.40. The summed E-state index contributed by atoms with van der Waals surface area (Å²) in [6.07, 6.45) is 5.31. The molecular weight excluding hydrogens is 338 g/mol. The van der Waals surface area contributed by atoms with Crippen LogP contribution in [0.1, 0.15) is 25.0 Å². The summed E-state index contributed by atoms with van der Waals surface area (Å²) >= 11 is 0. The normalized spacial score (nSPS) is 15.0. The summed E-state index contributed by atoms with van der Waals surface area (Å²) in [4.78, 5) is 18.9. The summed E-state index contributed by atoms with van der Waals surface area (Å²) in [5.74, 6) is 1.46. The molecule has 1 fully saturated rings. The van der Waals surface area contributed by atoms with Crippen LogP contribution < -0.4 is 5.32 Å². The molecule has 25 heavy (non-hydrogen) atoms. The topological polar surface area (TPSA) is 58.4 Å². The van der Waals surface area contributed by atoms with Crippen molar-refractivity contribution in [2.24, 2.45) is 5.92 Å². The standard InChI is InChI=1S/C19H25N3O2.ClH/c1-20-10-7-15-8-11-22(12-9-15)18(23)13-17-14-24-19(21-17)16-5-3-2-4-6-16;/h2-6,14-15,20H,7-13H2,1H3;1H. The maximum Gasteiger partial charge on any atom is 0.228 e. The fourth-order valence-corrected chi connectivity index (χ4v) is 3.19. The number of oxazole rings is 1. The van der Waals surface area contributed by atoms with E-state index in [4.69, 9.17) is 4.42 Å². The largest absolute Gasteiger partial charge is 0.444 e. The summed E-state index contributed by atoms with van der Waals surface area (Å²) < 4.78 is 5.51. The van der Waals surface area contributed by atoms with Gasteiger partial charge in [0.05, 0.1) is 12.1 Å². The Labute approximate surface area is 155 Å². The number of hydrogen-bond donors (Lipinski definition) is 1. The Balaban J connectivity index is 0.00000225. The lowest BCUT2D eigenvalue weighted by Gasteiger charge is -2.32. The molecule has 2 heterocycles. The monoisotopic (exact) mass is 363 g/mol. The van der Waals surface area contributed by atoms with E-state index in [9.17, 15) is 4.79 Å². The van der Waals surface area contributed by atoms with Crippen molar-refractivity contribution in [2.75, 3.05) is 26.7 Å². The van der Waals surface area contributed by atoms with Gasteiger partial charge in [0.1, 0.15) is 6.26 Å². The lowest BCUT2D eigenvalue weighted by atomic mass is 9.93. The van der Waals surface area contributed by atoms with Crippen LogP contribution in [-0.4, -0.2) is 42.5 Å². The van der Waals surface area contributed by atoms with Crippen molar-refractivity contribution in [3.63, 3.8) is 0 Å². The van der Waals surface area contributed by atoms with E-state index in [2.05, 4.69) is 10.3 Å². The first kappa shape index (κ1) is 19.5. The molecule has 1 aromatic carbocycles. The Morgan fingerprint density at radius 3 is 2.68 bits per heavy atom. The minimum atomic E-state index is 0. The Kier molecular flexibility index (Phi) is 7.47. The fourth-order valence-electron chi connectivity index (χ4n) is 3.19. The smallest absolute Gasteiger partial charge is 0.228 e. The van der Waals surface area contributed by atoms with E-state index < -0.39 is 0 Å². The van der Waals surface area contributed by atoms with E-state index >= 15 is 0 Å². The molecule has 0 aliphatic carbocycles. The summed E-state index contributed by atoms with van der Waals surface area (Å²) in [5.41, 5.74) is 1.64. The van der Waals surface area contributed by atoms with Crippen LogP contribution in [0.3, 0.4) is 0 Å². The number of benzene rings is 1. The van der Waals surface area contributed by atoms with E-state index in [1.807, 2.05) is 42.3 Å². The van der Waals surface area contributed by atoms with Crippen molar-refractivity contribution in [1.82, 2.24) is 15.2 Å². The molecule has 1 saturated heterocycles. The zero-order valence-electron chi connectivity index (χ0n) is 14.6. The average Bonchev–Trinajstić information content (AvgIpc) is 3.09. The molecule has 0 saturated carbocycles. The van der Waals surface area contributed by atoms with Crippen LogP contribution in [-0.2, 0) is 11.2 Å². The Hall–Kier alpha value is -1.85. The molecule has 0 radical (unpaired) electrons. The molecule has 3 rings (SSSR count). The number of halogens is 1. The van der Waals surface area contributed by atoms with Gasteiger partial charge in [-0.25, -0.2) is 4.98 Å². The molecule has 0 atom stereocenters. The molecule has 5 nitrogen and oxygen atoms in total. The lowest BCUT2D eigenvalue weighted by Crippen LogP contribution is -2.39. The van der Waals surface area contributed by atoms with Crippen LogP contribution in [0.15, 0.2) is 41.0 Å². The van der Waals surface area contributed by atoms with E-state index in [0.717, 1.165) is 44.0 Å². The van der Waals surface area contributed by atoms with Crippen molar-refractivity contribution in [2.45, 2.75) is 25.7 Å². The van der Waals surface area contributed by atoms with Crippen LogP contribution in [0.2, 0.25) is 0 Å². The first-order valence-electron chi connectivity index (χ1n) is 8.68. The molecule has 1 amide bonds. The predicted octanol–water partition coefficient (Wildman–Crippen LogP) is 3.15. The minimum Gasteiger partial charge on any atom is -0.444 e. The number of rotatable bonds is 6. The number of piperidine rings is 1. The first-order chi connectivity index (χ1) is 11.8. The molecule has 1 aromatic heterocycles. The lowest BCUT2D eigenvalue weighted by molar-refractivity contribution is -0.131. The molecule has 1 aliphatic heterocycles. The molecular formula is C19H26ClN3O2. The van der Waals surface area contributed by atoms with Crippen LogP contribution in [0.4, 0.5) is 0 Å². The van der Waals surface area contributed by atoms with Gasteiger partial charge in [-0.15, -0.1) is 12.4 Å². The number of hydrogen-bond acceptors (Lipinski definition) is 4. The van der Waals surface area contributed by atoms with Gasteiger partial charge < -0.3 is 14.6 Å². The highest BCUT2D eigenvalue weighted by Crippen LogP contribution is 2.22. The number of likely N-dealkylation sites (tertiary alicyclic amines) is 1. The van der Waals surface area contributed by atoms with Gasteiger partial charge in [0.2, 0.25) is 11.8 Å². The number of aromatic nitrogens is 1. The summed E-state index contributed by atoms with van der Waals surface area (Å²) in [5, 5.41) is 3.20. The van der Waals surface area contributed by atoms with Gasteiger partial charge in [-0.05, 0) is 50.9 Å². The zero-order valence-corrected chi connectivity index (χ0v) is 15.4. The van der Waals surface area contributed by atoms with Gasteiger partial charge in [-0.3, -0.25) is 4.79 Å². The number of amides is 1. The molecule has 0 bridgehead atoms. The summed E-state index contributed by atoms with van der Waals surface area (Å²) in [6, 6.07) is 9.75. The van der Waals surface area contributed by atoms with E-state index in [0.29, 0.717) is 18.0 Å². The SMILES string of the molecule is CNCCC1CCN(C(=O)Cc2coc(-c3ccccc3)n2)CC1.Cl. The molecule has 2 aromatic rings. The van der Waals surface area contributed by atoms with Crippen LogP contribution in [0, 0.1) is 5.92 Å². The molecule has 6 heteroatoms. The highest BCUT2D eigenvalue weighted by Gasteiger charge is 2.23. The molecule has 0 unspecified atom stereocenters. The highest BCUT2D eigenvalue weighted by molar-refractivity contribution is 5.85. The first-order valence-corrected chi connectivity index (χ1v) is 8.68. The number of nitrogens with one attached hydrogen (secondary N) is 1. The Bertz CT molecular complexity index is 652. The maximum absolute atomic E-state index is 12.5. The van der Waals surface area contributed by atoms with Crippen molar-refractivity contribution >= 4 is 18.3 Å². The highest BCUT2D eigenvalue weighted by atomic mass is 35.5. The van der Waals surface area contributed by atoms with Crippen molar-refractivity contribution in [3.05, 3.63) is 42.3 Å². The molecule has 1 N–H and O–H groups in total. The van der Waals surface area contributed by atoms with Crippen LogP contribution in [0.5, 0.6) is 0 Å². The molecule has 1 aliphatic rings. The van der Waals surface area contributed by atoms with Crippen LogP contribution >= 0.6 is 12.4 Å². The van der Waals surface area contributed by atoms with E-state index in [1.165, 1.54) is 6.42 Å². The number of nitrogens with zero attached hydrogens (tertiary/aromatic N) is 2. The van der Waals surface area contributed by atoms with Gasteiger partial charge in [0.25, 0.3) is 0 Å². The number of carbonyl (C=O) groups is 1. The van der Waals surface area contributed by atoms with Gasteiger partial charge in [0.15, 0.2) is 0 Å². The summed E-state index contributed by atoms with van der Waals surface area (Å²) in [6.45, 7) is 2.77. The number of carbonyl (C=O) groups excluding carboxylic acids is 1. The second-order valence-corrected chi connectivity index (χ2v) is 6.40. The second kappa shape index (κ2) is 9.59. The van der Waals surface area contributed by atoms with Gasteiger partial charge in [0, 0.05) is 18.7 Å². The third kappa shape index (κ3) is 5.31. The van der Waals surface area contributed by atoms with Gasteiger partial charge >= 0.3 is 0 Å². The zero-order chi connectivity index (χ0) is 16.8. The van der Waals surface area contributed by atoms with Crippen molar-refractivity contribution in [3.8, 4) is 11.5 Å².